The fourth-order valence-corrected chi connectivity index (χ4v) is 2.03. The van der Waals surface area contributed by atoms with Crippen molar-refractivity contribution in [3.8, 4) is 5.75 Å². The number of halogens is 1. The third-order valence-corrected chi connectivity index (χ3v) is 3.39. The van der Waals surface area contributed by atoms with Gasteiger partial charge in [0.25, 0.3) is 5.91 Å². The SMILES string of the molecule is CNCCN(C)C(=O)c1ccc(COc2ccccc2)cc1.Cl. The summed E-state index contributed by atoms with van der Waals surface area (Å²) in [5, 5.41) is 3.04. The number of para-hydroxylation sites is 1. The number of ether oxygens (including phenoxy) is 1. The molecule has 2 aromatic carbocycles. The van der Waals surface area contributed by atoms with E-state index in [-0.39, 0.29) is 18.3 Å². The fourth-order valence-electron chi connectivity index (χ4n) is 2.03. The van der Waals surface area contributed by atoms with Crippen molar-refractivity contribution in [2.24, 2.45) is 0 Å². The van der Waals surface area contributed by atoms with Crippen LogP contribution in [-0.2, 0) is 6.61 Å². The van der Waals surface area contributed by atoms with Gasteiger partial charge in [-0.25, -0.2) is 0 Å². The number of carbonyl (C=O) groups is 1. The molecule has 5 heteroatoms. The second-order valence-electron chi connectivity index (χ2n) is 5.13. The van der Waals surface area contributed by atoms with Crippen molar-refractivity contribution < 1.29 is 9.53 Å². The minimum Gasteiger partial charge on any atom is -0.489 e. The van der Waals surface area contributed by atoms with E-state index in [0.717, 1.165) is 17.9 Å². The van der Waals surface area contributed by atoms with Crippen LogP contribution in [-0.4, -0.2) is 38.0 Å². The van der Waals surface area contributed by atoms with Gasteiger partial charge in [0.05, 0.1) is 0 Å². The Bertz CT molecular complexity index is 588. The summed E-state index contributed by atoms with van der Waals surface area (Å²) in [6.45, 7) is 1.97. The van der Waals surface area contributed by atoms with Gasteiger partial charge in [0.1, 0.15) is 12.4 Å². The zero-order valence-corrected chi connectivity index (χ0v) is 14.3. The number of rotatable bonds is 7. The minimum absolute atomic E-state index is 0. The van der Waals surface area contributed by atoms with E-state index in [1.54, 1.807) is 4.90 Å². The Morgan fingerprint density at radius 2 is 1.74 bits per heavy atom. The van der Waals surface area contributed by atoms with Crippen LogP contribution < -0.4 is 10.1 Å². The average molecular weight is 335 g/mol. The van der Waals surface area contributed by atoms with Gasteiger partial charge in [-0.2, -0.15) is 0 Å². The molecule has 0 saturated carbocycles. The molecule has 23 heavy (non-hydrogen) atoms. The summed E-state index contributed by atoms with van der Waals surface area (Å²) in [4.78, 5) is 13.9. The molecule has 1 amide bonds. The quantitative estimate of drug-likeness (QED) is 0.846. The lowest BCUT2D eigenvalue weighted by Crippen LogP contribution is -2.32. The normalized spacial score (nSPS) is 9.83. The number of likely N-dealkylation sites (N-methyl/N-ethyl adjacent to an activating group) is 2. The zero-order chi connectivity index (χ0) is 15.8. The Labute approximate surface area is 143 Å². The van der Waals surface area contributed by atoms with Gasteiger partial charge in [0, 0.05) is 25.7 Å². The van der Waals surface area contributed by atoms with Gasteiger partial charge in [0.15, 0.2) is 0 Å². The predicted octanol–water partition coefficient (Wildman–Crippen LogP) is 2.98. The van der Waals surface area contributed by atoms with Gasteiger partial charge in [-0.05, 0) is 36.9 Å². The molecule has 0 bridgehead atoms. The Morgan fingerprint density at radius 3 is 2.35 bits per heavy atom. The molecule has 0 aromatic heterocycles. The number of hydrogen-bond acceptors (Lipinski definition) is 3. The highest BCUT2D eigenvalue weighted by Gasteiger charge is 2.10. The zero-order valence-electron chi connectivity index (χ0n) is 13.5. The first-order valence-corrected chi connectivity index (χ1v) is 7.37. The molecule has 0 atom stereocenters. The van der Waals surface area contributed by atoms with Gasteiger partial charge >= 0.3 is 0 Å². The second-order valence-corrected chi connectivity index (χ2v) is 5.13. The number of amides is 1. The highest BCUT2D eigenvalue weighted by Crippen LogP contribution is 2.13. The summed E-state index contributed by atoms with van der Waals surface area (Å²) in [6.07, 6.45) is 0. The summed E-state index contributed by atoms with van der Waals surface area (Å²) < 4.78 is 5.69. The van der Waals surface area contributed by atoms with Crippen LogP contribution in [0, 0.1) is 0 Å². The first-order valence-electron chi connectivity index (χ1n) is 7.37. The van der Waals surface area contributed by atoms with Crippen LogP contribution in [0.1, 0.15) is 15.9 Å². The van der Waals surface area contributed by atoms with E-state index < -0.39 is 0 Å². The first-order chi connectivity index (χ1) is 10.7. The maximum absolute atomic E-state index is 12.2. The summed E-state index contributed by atoms with van der Waals surface area (Å²) in [7, 11) is 3.69. The van der Waals surface area contributed by atoms with E-state index in [0.29, 0.717) is 18.7 Å². The lowest BCUT2D eigenvalue weighted by atomic mass is 10.1. The van der Waals surface area contributed by atoms with E-state index in [9.17, 15) is 4.79 Å². The lowest BCUT2D eigenvalue weighted by Gasteiger charge is -2.17. The van der Waals surface area contributed by atoms with Crippen molar-refractivity contribution >= 4 is 18.3 Å². The number of carbonyl (C=O) groups excluding carboxylic acids is 1. The molecular formula is C18H23ClN2O2. The van der Waals surface area contributed by atoms with Crippen molar-refractivity contribution in [1.82, 2.24) is 10.2 Å². The van der Waals surface area contributed by atoms with E-state index >= 15 is 0 Å². The van der Waals surface area contributed by atoms with Gasteiger partial charge in [-0.3, -0.25) is 4.79 Å². The molecule has 0 radical (unpaired) electrons. The average Bonchev–Trinajstić information content (AvgIpc) is 2.58. The highest BCUT2D eigenvalue weighted by atomic mass is 35.5. The maximum Gasteiger partial charge on any atom is 0.253 e. The predicted molar refractivity (Wildman–Crippen MR) is 95.4 cm³/mol. The molecule has 0 aliphatic rings. The van der Waals surface area contributed by atoms with Crippen LogP contribution in [0.25, 0.3) is 0 Å². The van der Waals surface area contributed by atoms with Crippen molar-refractivity contribution in [2.45, 2.75) is 6.61 Å². The standard InChI is InChI=1S/C18H22N2O2.ClH/c1-19-12-13-20(2)18(21)16-10-8-15(9-11-16)14-22-17-6-4-3-5-7-17;/h3-11,19H,12-14H2,1-2H3;1H. The van der Waals surface area contributed by atoms with Gasteiger partial charge < -0.3 is 15.0 Å². The van der Waals surface area contributed by atoms with Gasteiger partial charge in [-0.1, -0.05) is 30.3 Å². The molecule has 2 rings (SSSR count). The molecule has 0 heterocycles. The molecule has 0 fully saturated rings. The molecule has 0 unspecified atom stereocenters. The maximum atomic E-state index is 12.2. The minimum atomic E-state index is 0. The Hall–Kier alpha value is -2.04. The smallest absolute Gasteiger partial charge is 0.253 e. The molecule has 4 nitrogen and oxygen atoms in total. The first kappa shape index (κ1) is 19.0. The summed E-state index contributed by atoms with van der Waals surface area (Å²) in [5.41, 5.74) is 1.74. The Kier molecular flexibility index (Phi) is 8.16. The van der Waals surface area contributed by atoms with E-state index in [1.807, 2.05) is 68.7 Å². The summed E-state index contributed by atoms with van der Waals surface area (Å²) >= 11 is 0. The number of nitrogens with one attached hydrogen (secondary N) is 1. The topological polar surface area (TPSA) is 41.6 Å². The lowest BCUT2D eigenvalue weighted by molar-refractivity contribution is 0.0797. The van der Waals surface area contributed by atoms with Crippen LogP contribution in [0.5, 0.6) is 5.75 Å². The van der Waals surface area contributed by atoms with E-state index in [1.165, 1.54) is 0 Å². The number of nitrogens with zero attached hydrogens (tertiary/aromatic N) is 1. The molecule has 0 aliphatic carbocycles. The molecule has 0 aliphatic heterocycles. The summed E-state index contributed by atoms with van der Waals surface area (Å²) in [5.74, 6) is 0.875. The number of benzene rings is 2. The van der Waals surface area contributed by atoms with Crippen molar-refractivity contribution in [3.63, 3.8) is 0 Å². The van der Waals surface area contributed by atoms with Crippen molar-refractivity contribution in [3.05, 3.63) is 65.7 Å². The van der Waals surface area contributed by atoms with Crippen molar-refractivity contribution in [1.29, 1.82) is 0 Å². The van der Waals surface area contributed by atoms with Gasteiger partial charge in [-0.15, -0.1) is 12.4 Å². The second kappa shape index (κ2) is 9.87. The Morgan fingerprint density at radius 1 is 1.09 bits per heavy atom. The van der Waals surface area contributed by atoms with Crippen LogP contribution in [0.15, 0.2) is 54.6 Å². The molecule has 0 saturated heterocycles. The molecule has 0 spiro atoms. The van der Waals surface area contributed by atoms with E-state index in [2.05, 4.69) is 5.32 Å². The molecular weight excluding hydrogens is 312 g/mol. The van der Waals surface area contributed by atoms with Crippen LogP contribution in [0.3, 0.4) is 0 Å². The molecule has 124 valence electrons. The van der Waals surface area contributed by atoms with Crippen LogP contribution >= 0.6 is 12.4 Å². The molecule has 1 N–H and O–H groups in total. The Balaban J connectivity index is 0.00000264. The van der Waals surface area contributed by atoms with Crippen LogP contribution in [0.2, 0.25) is 0 Å². The highest BCUT2D eigenvalue weighted by molar-refractivity contribution is 5.94. The van der Waals surface area contributed by atoms with E-state index in [4.69, 9.17) is 4.74 Å². The third kappa shape index (κ3) is 5.93. The summed E-state index contributed by atoms with van der Waals surface area (Å²) in [6, 6.07) is 17.3. The largest absolute Gasteiger partial charge is 0.489 e. The third-order valence-electron chi connectivity index (χ3n) is 3.39. The fraction of sp³-hybridized carbons (Fsp3) is 0.278. The number of hydrogen-bond donors (Lipinski definition) is 1. The monoisotopic (exact) mass is 334 g/mol. The van der Waals surface area contributed by atoms with Gasteiger partial charge in [0.2, 0.25) is 0 Å². The van der Waals surface area contributed by atoms with Crippen molar-refractivity contribution in [2.75, 3.05) is 27.2 Å². The molecule has 2 aromatic rings. The van der Waals surface area contributed by atoms with Crippen LogP contribution in [0.4, 0.5) is 0 Å².